The maximum absolute atomic E-state index is 14.7. The summed E-state index contributed by atoms with van der Waals surface area (Å²) in [6.45, 7) is 17.1. The molecule has 9 atom stereocenters. The fourth-order valence-corrected chi connectivity index (χ4v) is 8.34. The highest BCUT2D eigenvalue weighted by Gasteiger charge is 2.78. The number of carbonyl (C=O) groups is 4. The van der Waals surface area contributed by atoms with Gasteiger partial charge in [-0.2, -0.15) is 0 Å². The van der Waals surface area contributed by atoms with Crippen LogP contribution in [-0.4, -0.2) is 92.4 Å². The number of allylic oxidation sites excluding steroid dienone is 1. The van der Waals surface area contributed by atoms with Gasteiger partial charge in [0.1, 0.15) is 17.7 Å². The summed E-state index contributed by atoms with van der Waals surface area (Å²) < 4.78 is 12.9. The first-order chi connectivity index (χ1) is 22.3. The summed E-state index contributed by atoms with van der Waals surface area (Å²) in [5.41, 5.74) is -1.24. The molecule has 0 aliphatic carbocycles. The molecule has 3 fully saturated rings. The van der Waals surface area contributed by atoms with Crippen molar-refractivity contribution in [3.8, 4) is 0 Å². The largest absolute Gasteiger partial charge is 0.455 e. The van der Waals surface area contributed by atoms with Crippen LogP contribution in [0.5, 0.6) is 0 Å². The van der Waals surface area contributed by atoms with Crippen LogP contribution in [0.15, 0.2) is 55.6 Å². The van der Waals surface area contributed by atoms with E-state index in [4.69, 9.17) is 9.47 Å². The second kappa shape index (κ2) is 15.0. The van der Waals surface area contributed by atoms with Crippen LogP contribution >= 0.6 is 15.9 Å². The van der Waals surface area contributed by atoms with Gasteiger partial charge >= 0.3 is 5.97 Å². The molecule has 3 aliphatic rings. The molecule has 0 aromatic heterocycles. The lowest BCUT2D eigenvalue weighted by Gasteiger charge is -2.44. The molecule has 2 N–H and O–H groups in total. The number of halogens is 1. The van der Waals surface area contributed by atoms with Gasteiger partial charge in [0.15, 0.2) is 0 Å². The van der Waals surface area contributed by atoms with Gasteiger partial charge in [-0.15, -0.1) is 13.2 Å². The fraction of sp³-hybridized carbons (Fsp3) is 0.611. The van der Waals surface area contributed by atoms with Crippen LogP contribution in [0.4, 0.5) is 0 Å². The van der Waals surface area contributed by atoms with Crippen LogP contribution in [0.3, 0.4) is 0 Å². The number of amides is 3. The maximum atomic E-state index is 14.7. The number of benzene rings is 1. The molecular formula is C36H50BrN3O7. The number of aliphatic hydroxyl groups is 1. The topological polar surface area (TPSA) is 125 Å². The summed E-state index contributed by atoms with van der Waals surface area (Å²) in [5, 5.41) is 13.5. The van der Waals surface area contributed by atoms with Gasteiger partial charge in [-0.1, -0.05) is 78.7 Å². The molecule has 3 aliphatic heterocycles. The Hall–Kier alpha value is -3.02. The van der Waals surface area contributed by atoms with Gasteiger partial charge in [-0.05, 0) is 45.1 Å². The van der Waals surface area contributed by atoms with E-state index in [1.165, 1.54) is 4.90 Å². The predicted molar refractivity (Wildman–Crippen MR) is 182 cm³/mol. The minimum Gasteiger partial charge on any atom is -0.455 e. The van der Waals surface area contributed by atoms with E-state index in [2.05, 4.69) is 34.4 Å². The Morgan fingerprint density at radius 1 is 1.23 bits per heavy atom. The molecular weight excluding hydrogens is 666 g/mol. The highest BCUT2D eigenvalue weighted by Crippen LogP contribution is 2.61. The highest BCUT2D eigenvalue weighted by atomic mass is 79.9. The lowest BCUT2D eigenvalue weighted by atomic mass is 9.70. The molecule has 47 heavy (non-hydrogen) atoms. The van der Waals surface area contributed by atoms with Crippen molar-refractivity contribution in [2.75, 3.05) is 19.7 Å². The number of rotatable bonds is 15. The van der Waals surface area contributed by atoms with E-state index in [9.17, 15) is 24.3 Å². The molecule has 1 spiro atoms. The molecule has 1 aromatic rings. The Labute approximate surface area is 287 Å². The Morgan fingerprint density at radius 2 is 1.91 bits per heavy atom. The van der Waals surface area contributed by atoms with Crippen molar-refractivity contribution in [2.45, 2.75) is 101 Å². The first kappa shape index (κ1) is 36.8. The summed E-state index contributed by atoms with van der Waals surface area (Å²) >= 11 is 3.72. The van der Waals surface area contributed by atoms with Crippen LogP contribution < -0.4 is 5.32 Å². The van der Waals surface area contributed by atoms with Crippen molar-refractivity contribution in [3.05, 3.63) is 61.2 Å². The standard InChI is InChI=1S/C36H50BrN3O7/c1-8-11-17-27(42)38-20-26(23-15-13-12-14-16-23)46-34(45)28-29-32(43)40(25(21-41)22(4)10-3)31(36(29)19-24(37)30(28)47-36)33(44)39(18-9-2)35(5,6)7/h8-9,12-16,22,24-26,28-31,41H,1-2,10-11,17-21H2,3-7H3,(H,38,42)/t22-,24?,25-,26+,28-,29+,30-,31-,36+/m0/s1. The van der Waals surface area contributed by atoms with E-state index in [-0.39, 0.29) is 48.7 Å². The zero-order chi connectivity index (χ0) is 34.7. The van der Waals surface area contributed by atoms with Gasteiger partial charge in [-0.25, -0.2) is 0 Å². The van der Waals surface area contributed by atoms with Gasteiger partial charge in [0.05, 0.1) is 37.1 Å². The Kier molecular flexibility index (Phi) is 11.8. The number of ether oxygens (including phenoxy) is 2. The second-order valence-electron chi connectivity index (χ2n) is 13.9. The third-order valence-corrected chi connectivity index (χ3v) is 10.8. The van der Waals surface area contributed by atoms with Crippen LogP contribution in [0.2, 0.25) is 0 Å². The summed E-state index contributed by atoms with van der Waals surface area (Å²) in [6, 6.07) is 7.39. The van der Waals surface area contributed by atoms with Gasteiger partial charge in [-0.3, -0.25) is 19.2 Å². The number of carbonyl (C=O) groups excluding carboxylic acids is 4. The molecule has 0 saturated carbocycles. The summed E-state index contributed by atoms with van der Waals surface area (Å²) in [5.74, 6) is -3.68. The van der Waals surface area contributed by atoms with E-state index in [0.29, 0.717) is 24.8 Å². The zero-order valence-electron chi connectivity index (χ0n) is 28.2. The number of hydrogen-bond acceptors (Lipinski definition) is 7. The predicted octanol–water partition coefficient (Wildman–Crippen LogP) is 4.32. The number of nitrogens with zero attached hydrogens (tertiary/aromatic N) is 2. The number of nitrogens with one attached hydrogen (secondary N) is 1. The number of esters is 1. The molecule has 10 nitrogen and oxygen atoms in total. The summed E-state index contributed by atoms with van der Waals surface area (Å²) in [4.78, 5) is 59.0. The first-order valence-corrected chi connectivity index (χ1v) is 17.5. The molecule has 3 saturated heterocycles. The number of likely N-dealkylation sites (tertiary alicyclic amines) is 1. The van der Waals surface area contributed by atoms with E-state index >= 15 is 0 Å². The van der Waals surface area contributed by atoms with Crippen LogP contribution in [0.1, 0.15) is 72.0 Å². The smallest absolute Gasteiger partial charge is 0.313 e. The Morgan fingerprint density at radius 3 is 2.49 bits per heavy atom. The molecule has 2 bridgehead atoms. The monoisotopic (exact) mass is 715 g/mol. The van der Waals surface area contributed by atoms with Gasteiger partial charge in [0.25, 0.3) is 0 Å². The van der Waals surface area contributed by atoms with Gasteiger partial charge in [0.2, 0.25) is 17.7 Å². The molecule has 1 aromatic carbocycles. The third-order valence-electron chi connectivity index (χ3n) is 9.96. The van der Waals surface area contributed by atoms with Gasteiger partial charge < -0.3 is 29.7 Å². The average Bonchev–Trinajstić information content (AvgIpc) is 3.63. The van der Waals surface area contributed by atoms with E-state index in [1.807, 2.05) is 65.0 Å². The lowest BCUT2D eigenvalue weighted by Crippen LogP contribution is -2.62. The SMILES string of the molecule is C=CCCC(=O)NC[C@@H](OC(=O)[C@@H]1[C@H]2O[C@@]3(CC2Br)[C@H](C(=O)N(CC=C)C(C)(C)C)N([C@@H](CO)[C@@H](C)CC)C(=O)[C@@H]13)c1ccccc1. The van der Waals surface area contributed by atoms with Crippen LogP contribution in [0, 0.1) is 17.8 Å². The summed E-state index contributed by atoms with van der Waals surface area (Å²) in [7, 11) is 0. The van der Waals surface area contributed by atoms with E-state index in [1.54, 1.807) is 17.1 Å². The third kappa shape index (κ3) is 7.08. The minimum atomic E-state index is -1.32. The van der Waals surface area contributed by atoms with E-state index < -0.39 is 59.1 Å². The minimum absolute atomic E-state index is 0.0431. The van der Waals surface area contributed by atoms with E-state index in [0.717, 1.165) is 0 Å². The molecule has 258 valence electrons. The quantitative estimate of drug-likeness (QED) is 0.157. The Balaban J connectivity index is 1.74. The number of alkyl halides is 1. The van der Waals surface area contributed by atoms with Crippen LogP contribution in [-0.2, 0) is 28.7 Å². The molecule has 3 amide bonds. The second-order valence-corrected chi connectivity index (χ2v) is 15.1. The maximum Gasteiger partial charge on any atom is 0.313 e. The molecule has 3 heterocycles. The van der Waals surface area contributed by atoms with Crippen molar-refractivity contribution in [2.24, 2.45) is 17.8 Å². The van der Waals surface area contributed by atoms with Gasteiger partial charge in [0, 0.05) is 23.3 Å². The number of fused-ring (bicyclic) bond motifs is 1. The average molecular weight is 717 g/mol. The molecule has 1 unspecified atom stereocenters. The van der Waals surface area contributed by atoms with Crippen molar-refractivity contribution in [3.63, 3.8) is 0 Å². The fourth-order valence-electron chi connectivity index (χ4n) is 7.40. The lowest BCUT2D eigenvalue weighted by molar-refractivity contribution is -0.161. The molecule has 0 radical (unpaired) electrons. The van der Waals surface area contributed by atoms with Crippen LogP contribution in [0.25, 0.3) is 0 Å². The first-order valence-electron chi connectivity index (χ1n) is 16.6. The van der Waals surface area contributed by atoms with Crippen molar-refractivity contribution < 1.29 is 33.8 Å². The molecule has 11 heteroatoms. The Bertz CT molecular complexity index is 1330. The van der Waals surface area contributed by atoms with Crippen molar-refractivity contribution >= 4 is 39.6 Å². The normalized spacial score (nSPS) is 28.3. The number of aliphatic hydroxyl groups excluding tert-OH is 1. The zero-order valence-corrected chi connectivity index (χ0v) is 29.8. The highest BCUT2D eigenvalue weighted by molar-refractivity contribution is 9.09. The number of hydrogen-bond donors (Lipinski definition) is 2. The summed E-state index contributed by atoms with van der Waals surface area (Å²) in [6.07, 6.45) is 3.54. The van der Waals surface area contributed by atoms with Crippen molar-refractivity contribution in [1.82, 2.24) is 15.1 Å². The van der Waals surface area contributed by atoms with Crippen molar-refractivity contribution in [1.29, 1.82) is 0 Å². The molecule has 4 rings (SSSR count).